The van der Waals surface area contributed by atoms with Crippen molar-refractivity contribution in [2.24, 2.45) is 0 Å². The van der Waals surface area contributed by atoms with E-state index >= 15 is 0 Å². The molecular formula is C20H27ClFN3O3. The Hall–Kier alpha value is -1.96. The number of nitrogens with zero attached hydrogens (tertiary/aromatic N) is 2. The first-order chi connectivity index (χ1) is 13.1. The Morgan fingerprint density at radius 1 is 1.32 bits per heavy atom. The van der Waals surface area contributed by atoms with Gasteiger partial charge in [-0.2, -0.15) is 0 Å². The van der Waals surface area contributed by atoms with Crippen LogP contribution in [0, 0.1) is 5.82 Å². The molecule has 0 aliphatic carbocycles. The molecule has 1 saturated heterocycles. The first-order valence-electron chi connectivity index (χ1n) is 9.42. The third-order valence-electron chi connectivity index (χ3n) is 4.68. The molecule has 3 rings (SSSR count). The van der Waals surface area contributed by atoms with Crippen molar-refractivity contribution in [2.75, 3.05) is 33.3 Å². The first-order valence-corrected chi connectivity index (χ1v) is 9.42. The quantitative estimate of drug-likeness (QED) is 0.676. The number of unbranched alkanes of at least 4 members (excludes halogenated alkanes) is 2. The van der Waals surface area contributed by atoms with Crippen molar-refractivity contribution in [3.05, 3.63) is 41.9 Å². The van der Waals surface area contributed by atoms with Crippen molar-refractivity contribution >= 4 is 18.3 Å². The number of ether oxygens (including phenoxy) is 1. The number of hydrogen-bond donors (Lipinski definition) is 1. The summed E-state index contributed by atoms with van der Waals surface area (Å²) in [6.07, 6.45) is 3.26. The van der Waals surface area contributed by atoms with Gasteiger partial charge in [0, 0.05) is 44.7 Å². The second-order valence-corrected chi connectivity index (χ2v) is 6.82. The van der Waals surface area contributed by atoms with Gasteiger partial charge in [0.15, 0.2) is 0 Å². The SMILES string of the molecule is CN(CCCCCc1cc(-c2cccc(F)c2)no1)C(=O)C1CNCCO1.Cl. The van der Waals surface area contributed by atoms with Gasteiger partial charge in [-0.15, -0.1) is 12.4 Å². The maximum atomic E-state index is 13.3. The molecule has 1 aliphatic heterocycles. The smallest absolute Gasteiger partial charge is 0.252 e. The van der Waals surface area contributed by atoms with Crippen molar-refractivity contribution in [3.63, 3.8) is 0 Å². The summed E-state index contributed by atoms with van der Waals surface area (Å²) in [5.41, 5.74) is 1.36. The summed E-state index contributed by atoms with van der Waals surface area (Å²) < 4.78 is 24.1. The molecule has 28 heavy (non-hydrogen) atoms. The van der Waals surface area contributed by atoms with E-state index in [1.165, 1.54) is 12.1 Å². The van der Waals surface area contributed by atoms with Gasteiger partial charge >= 0.3 is 0 Å². The van der Waals surface area contributed by atoms with E-state index < -0.39 is 0 Å². The van der Waals surface area contributed by atoms with Gasteiger partial charge in [0.25, 0.3) is 5.91 Å². The zero-order chi connectivity index (χ0) is 19.1. The van der Waals surface area contributed by atoms with Gasteiger partial charge < -0.3 is 19.5 Å². The number of morpholine rings is 1. The van der Waals surface area contributed by atoms with Crippen LogP contribution < -0.4 is 5.32 Å². The lowest BCUT2D eigenvalue weighted by atomic mass is 10.1. The van der Waals surface area contributed by atoms with Gasteiger partial charge in [0.2, 0.25) is 0 Å². The molecule has 0 radical (unpaired) electrons. The van der Waals surface area contributed by atoms with E-state index in [1.807, 2.05) is 19.2 Å². The number of benzene rings is 1. The number of carbonyl (C=O) groups is 1. The van der Waals surface area contributed by atoms with Crippen LogP contribution in [0.2, 0.25) is 0 Å². The summed E-state index contributed by atoms with van der Waals surface area (Å²) in [4.78, 5) is 14.0. The fourth-order valence-corrected chi connectivity index (χ4v) is 3.12. The zero-order valence-electron chi connectivity index (χ0n) is 16.0. The fraction of sp³-hybridized carbons (Fsp3) is 0.500. The summed E-state index contributed by atoms with van der Waals surface area (Å²) in [6, 6.07) is 8.18. The normalized spacial score (nSPS) is 16.4. The number of likely N-dealkylation sites (N-methyl/N-ethyl adjacent to an activating group) is 1. The largest absolute Gasteiger partial charge is 0.366 e. The number of halogens is 2. The lowest BCUT2D eigenvalue weighted by molar-refractivity contribution is -0.143. The molecule has 1 atom stereocenters. The zero-order valence-corrected chi connectivity index (χ0v) is 16.8. The molecule has 1 amide bonds. The van der Waals surface area contributed by atoms with Gasteiger partial charge in [-0.1, -0.05) is 23.7 Å². The summed E-state index contributed by atoms with van der Waals surface area (Å²) in [6.45, 7) is 2.68. The summed E-state index contributed by atoms with van der Waals surface area (Å²) in [5, 5.41) is 7.19. The lowest BCUT2D eigenvalue weighted by Crippen LogP contribution is -2.48. The number of aryl methyl sites for hydroxylation is 1. The van der Waals surface area contributed by atoms with E-state index in [-0.39, 0.29) is 30.2 Å². The molecule has 6 nitrogen and oxygen atoms in total. The number of rotatable bonds is 8. The maximum Gasteiger partial charge on any atom is 0.252 e. The first kappa shape index (κ1) is 22.3. The summed E-state index contributed by atoms with van der Waals surface area (Å²) in [7, 11) is 1.82. The third-order valence-corrected chi connectivity index (χ3v) is 4.68. The molecule has 154 valence electrons. The molecule has 1 aromatic heterocycles. The molecule has 0 bridgehead atoms. The fourth-order valence-electron chi connectivity index (χ4n) is 3.12. The predicted octanol–water partition coefficient (Wildman–Crippen LogP) is 3.06. The number of aromatic nitrogens is 1. The molecule has 8 heteroatoms. The van der Waals surface area contributed by atoms with Crippen LogP contribution in [0.5, 0.6) is 0 Å². The van der Waals surface area contributed by atoms with Gasteiger partial charge in [-0.3, -0.25) is 4.79 Å². The molecule has 1 N–H and O–H groups in total. The molecule has 1 aromatic carbocycles. The Balaban J connectivity index is 0.00000280. The number of carbonyl (C=O) groups excluding carboxylic acids is 1. The van der Waals surface area contributed by atoms with Crippen molar-refractivity contribution in [1.82, 2.24) is 15.4 Å². The van der Waals surface area contributed by atoms with Gasteiger partial charge in [0.1, 0.15) is 23.4 Å². The monoisotopic (exact) mass is 411 g/mol. The maximum absolute atomic E-state index is 13.3. The van der Waals surface area contributed by atoms with E-state index in [4.69, 9.17) is 9.26 Å². The van der Waals surface area contributed by atoms with Crippen LogP contribution in [0.4, 0.5) is 4.39 Å². The highest BCUT2D eigenvalue weighted by molar-refractivity contribution is 5.85. The van der Waals surface area contributed by atoms with Crippen LogP contribution >= 0.6 is 12.4 Å². The van der Waals surface area contributed by atoms with Crippen LogP contribution in [-0.4, -0.2) is 55.4 Å². The molecule has 2 heterocycles. The lowest BCUT2D eigenvalue weighted by Gasteiger charge is -2.27. The van der Waals surface area contributed by atoms with E-state index in [1.54, 1.807) is 11.0 Å². The Morgan fingerprint density at radius 3 is 2.93 bits per heavy atom. The molecule has 1 aliphatic rings. The van der Waals surface area contributed by atoms with E-state index in [2.05, 4.69) is 10.5 Å². The summed E-state index contributed by atoms with van der Waals surface area (Å²) in [5.74, 6) is 0.544. The van der Waals surface area contributed by atoms with Crippen molar-refractivity contribution in [3.8, 4) is 11.3 Å². The Bertz CT molecular complexity index is 750. The highest BCUT2D eigenvalue weighted by Crippen LogP contribution is 2.21. The standard InChI is InChI=1S/C20H26FN3O3.ClH/c1-24(20(25)19-14-22-9-11-26-19)10-4-2-3-8-17-13-18(23-27-17)15-6-5-7-16(21)12-15;/h5-7,12-13,19,22H,2-4,8-11,14H2,1H3;1H. The van der Waals surface area contributed by atoms with Crippen LogP contribution in [0.3, 0.4) is 0 Å². The van der Waals surface area contributed by atoms with Crippen LogP contribution in [0.1, 0.15) is 25.0 Å². The number of amides is 1. The molecule has 0 spiro atoms. The van der Waals surface area contributed by atoms with Gasteiger partial charge in [-0.05, 0) is 25.0 Å². The van der Waals surface area contributed by atoms with Crippen molar-refractivity contribution < 1.29 is 18.4 Å². The van der Waals surface area contributed by atoms with Crippen LogP contribution in [0.15, 0.2) is 34.9 Å². The average molecular weight is 412 g/mol. The second-order valence-electron chi connectivity index (χ2n) is 6.82. The Labute approximate surface area is 170 Å². The van der Waals surface area contributed by atoms with E-state index in [0.717, 1.165) is 38.0 Å². The Morgan fingerprint density at radius 2 is 2.18 bits per heavy atom. The molecule has 1 unspecified atom stereocenters. The number of hydrogen-bond acceptors (Lipinski definition) is 5. The molecular weight excluding hydrogens is 385 g/mol. The minimum atomic E-state index is -0.362. The minimum Gasteiger partial charge on any atom is -0.366 e. The predicted molar refractivity (Wildman–Crippen MR) is 107 cm³/mol. The topological polar surface area (TPSA) is 67.6 Å². The van der Waals surface area contributed by atoms with Crippen molar-refractivity contribution in [2.45, 2.75) is 31.8 Å². The highest BCUT2D eigenvalue weighted by atomic mass is 35.5. The molecule has 1 fully saturated rings. The molecule has 2 aromatic rings. The molecule has 0 saturated carbocycles. The van der Waals surface area contributed by atoms with Crippen LogP contribution in [-0.2, 0) is 16.0 Å². The minimum absolute atomic E-state index is 0. The van der Waals surface area contributed by atoms with E-state index in [0.29, 0.717) is 31.0 Å². The summed E-state index contributed by atoms with van der Waals surface area (Å²) >= 11 is 0. The highest BCUT2D eigenvalue weighted by Gasteiger charge is 2.24. The average Bonchev–Trinajstić information content (AvgIpc) is 3.16. The van der Waals surface area contributed by atoms with Gasteiger partial charge in [-0.25, -0.2) is 4.39 Å². The number of nitrogens with one attached hydrogen (secondary N) is 1. The van der Waals surface area contributed by atoms with Gasteiger partial charge in [0.05, 0.1) is 6.61 Å². The second kappa shape index (κ2) is 11.1. The van der Waals surface area contributed by atoms with E-state index in [9.17, 15) is 9.18 Å². The third kappa shape index (κ3) is 6.29. The Kier molecular flexibility index (Phi) is 8.89. The van der Waals surface area contributed by atoms with Crippen molar-refractivity contribution in [1.29, 1.82) is 0 Å². The van der Waals surface area contributed by atoms with Crippen LogP contribution in [0.25, 0.3) is 11.3 Å².